The van der Waals surface area contributed by atoms with Gasteiger partial charge in [0.25, 0.3) is 5.91 Å². The molecule has 0 aliphatic heterocycles. The Hall–Kier alpha value is -2.46. The van der Waals surface area contributed by atoms with Crippen molar-refractivity contribution in [1.29, 1.82) is 0 Å². The van der Waals surface area contributed by atoms with Crippen LogP contribution >= 0.6 is 23.1 Å². The zero-order chi connectivity index (χ0) is 20.1. The molecule has 1 aromatic carbocycles. The molecule has 0 radical (unpaired) electrons. The molecule has 0 saturated heterocycles. The first-order chi connectivity index (χ1) is 13.5. The van der Waals surface area contributed by atoms with Gasteiger partial charge in [-0.3, -0.25) is 19.3 Å². The predicted octanol–water partition coefficient (Wildman–Crippen LogP) is 2.53. The monoisotopic (exact) mass is 419 g/mol. The van der Waals surface area contributed by atoms with Gasteiger partial charge >= 0.3 is 0 Å². The Bertz CT molecular complexity index is 864. The number of hydrogen-bond acceptors (Lipinski definition) is 7. The molecule has 3 rings (SSSR count). The Morgan fingerprint density at radius 3 is 2.54 bits per heavy atom. The fourth-order valence-electron chi connectivity index (χ4n) is 2.50. The smallest absolute Gasteiger partial charge is 0.251 e. The Kier molecular flexibility index (Phi) is 6.63. The van der Waals surface area contributed by atoms with E-state index in [0.717, 1.165) is 12.8 Å². The van der Waals surface area contributed by atoms with E-state index in [9.17, 15) is 14.4 Å². The third-order valence-electron chi connectivity index (χ3n) is 4.07. The van der Waals surface area contributed by atoms with E-state index in [0.29, 0.717) is 27.1 Å². The lowest BCUT2D eigenvalue weighted by Crippen LogP contribution is -2.32. The highest BCUT2D eigenvalue weighted by molar-refractivity contribution is 8.01. The topological polar surface area (TPSA) is 104 Å². The lowest BCUT2D eigenvalue weighted by atomic mass is 10.2. The lowest BCUT2D eigenvalue weighted by Gasteiger charge is -2.17. The van der Waals surface area contributed by atoms with Gasteiger partial charge in [-0.2, -0.15) is 0 Å². The summed E-state index contributed by atoms with van der Waals surface area (Å²) in [6.07, 6.45) is 2.42. The summed E-state index contributed by atoms with van der Waals surface area (Å²) in [6, 6.07) is 6.89. The SMILES string of the molecule is CCC(=O)N(c1nnc(SCC(=O)Nc2ccc(C(=O)NC)cc2)s1)C1CC1. The van der Waals surface area contributed by atoms with Gasteiger partial charge in [-0.05, 0) is 37.1 Å². The summed E-state index contributed by atoms with van der Waals surface area (Å²) in [5.74, 6) is -0.134. The second-order valence-electron chi connectivity index (χ2n) is 6.19. The van der Waals surface area contributed by atoms with Crippen LogP contribution in [-0.2, 0) is 9.59 Å². The molecule has 1 saturated carbocycles. The van der Waals surface area contributed by atoms with E-state index in [4.69, 9.17) is 0 Å². The number of anilines is 2. The molecule has 28 heavy (non-hydrogen) atoms. The largest absolute Gasteiger partial charge is 0.355 e. The minimum atomic E-state index is -0.182. The summed E-state index contributed by atoms with van der Waals surface area (Å²) in [4.78, 5) is 37.5. The Morgan fingerprint density at radius 2 is 1.93 bits per heavy atom. The van der Waals surface area contributed by atoms with E-state index < -0.39 is 0 Å². The number of hydrogen-bond donors (Lipinski definition) is 2. The van der Waals surface area contributed by atoms with E-state index in [-0.39, 0.29) is 29.5 Å². The van der Waals surface area contributed by atoms with Crippen molar-refractivity contribution in [3.05, 3.63) is 29.8 Å². The van der Waals surface area contributed by atoms with E-state index in [2.05, 4.69) is 20.8 Å². The molecule has 0 spiro atoms. The van der Waals surface area contributed by atoms with Gasteiger partial charge in [0.1, 0.15) is 0 Å². The summed E-state index contributed by atoms with van der Waals surface area (Å²) >= 11 is 2.61. The second kappa shape index (κ2) is 9.16. The number of nitrogens with one attached hydrogen (secondary N) is 2. The van der Waals surface area contributed by atoms with Gasteiger partial charge in [0.15, 0.2) is 4.34 Å². The van der Waals surface area contributed by atoms with Crippen LogP contribution in [0.15, 0.2) is 28.6 Å². The first kappa shape index (κ1) is 20.3. The maximum Gasteiger partial charge on any atom is 0.251 e. The normalized spacial score (nSPS) is 13.1. The van der Waals surface area contributed by atoms with Crippen LogP contribution in [0, 0.1) is 0 Å². The van der Waals surface area contributed by atoms with Gasteiger partial charge < -0.3 is 10.6 Å². The summed E-state index contributed by atoms with van der Waals surface area (Å²) in [6.45, 7) is 1.83. The zero-order valence-electron chi connectivity index (χ0n) is 15.6. The highest BCUT2D eigenvalue weighted by atomic mass is 32.2. The standard InChI is InChI=1S/C18H21N5O3S2/c1-3-15(25)23(13-8-9-13)17-21-22-18(28-17)27-10-14(24)20-12-6-4-11(5-7-12)16(26)19-2/h4-7,13H,3,8-10H2,1-2H3,(H,19,26)(H,20,24). The van der Waals surface area contributed by atoms with Crippen molar-refractivity contribution < 1.29 is 14.4 Å². The van der Waals surface area contributed by atoms with Crippen molar-refractivity contribution in [1.82, 2.24) is 15.5 Å². The summed E-state index contributed by atoms with van der Waals surface area (Å²) in [7, 11) is 1.57. The third-order valence-corrected chi connectivity index (χ3v) is 6.13. The maximum atomic E-state index is 12.2. The van der Waals surface area contributed by atoms with Gasteiger partial charge in [0.05, 0.1) is 5.75 Å². The minimum absolute atomic E-state index is 0.0492. The Balaban J connectivity index is 1.53. The molecule has 1 fully saturated rings. The lowest BCUT2D eigenvalue weighted by molar-refractivity contribution is -0.118. The average molecular weight is 420 g/mol. The molecule has 1 aliphatic carbocycles. The number of thioether (sulfide) groups is 1. The number of carbonyl (C=O) groups excluding carboxylic acids is 3. The average Bonchev–Trinajstić information content (AvgIpc) is 3.43. The molecule has 1 heterocycles. The fraction of sp³-hybridized carbons (Fsp3) is 0.389. The van der Waals surface area contributed by atoms with Crippen molar-refractivity contribution in [2.45, 2.75) is 36.6 Å². The van der Waals surface area contributed by atoms with Crippen molar-refractivity contribution in [2.75, 3.05) is 23.0 Å². The van der Waals surface area contributed by atoms with Crippen molar-refractivity contribution in [2.24, 2.45) is 0 Å². The molecule has 2 N–H and O–H groups in total. The van der Waals surface area contributed by atoms with Crippen LogP contribution in [0.5, 0.6) is 0 Å². The van der Waals surface area contributed by atoms with Crippen LogP contribution < -0.4 is 15.5 Å². The van der Waals surface area contributed by atoms with Crippen LogP contribution in [0.25, 0.3) is 0 Å². The van der Waals surface area contributed by atoms with Gasteiger partial charge in [-0.1, -0.05) is 30.0 Å². The van der Waals surface area contributed by atoms with Gasteiger partial charge in [0, 0.05) is 30.8 Å². The minimum Gasteiger partial charge on any atom is -0.355 e. The van der Waals surface area contributed by atoms with E-state index >= 15 is 0 Å². The fourth-order valence-corrected chi connectivity index (χ4v) is 4.23. The molecule has 0 unspecified atom stereocenters. The first-order valence-corrected chi connectivity index (χ1v) is 10.7. The molecule has 3 amide bonds. The number of aromatic nitrogens is 2. The van der Waals surface area contributed by atoms with Gasteiger partial charge in [-0.25, -0.2) is 0 Å². The molecule has 8 nitrogen and oxygen atoms in total. The predicted molar refractivity (Wildman–Crippen MR) is 110 cm³/mol. The summed E-state index contributed by atoms with van der Waals surface area (Å²) in [5.41, 5.74) is 1.14. The van der Waals surface area contributed by atoms with E-state index in [1.807, 2.05) is 6.92 Å². The van der Waals surface area contributed by atoms with Gasteiger partial charge in [0.2, 0.25) is 16.9 Å². The Labute approximate surface area is 171 Å². The molecule has 10 heteroatoms. The molecular formula is C18H21N5O3S2. The number of amides is 3. The highest BCUT2D eigenvalue weighted by Gasteiger charge is 2.35. The van der Waals surface area contributed by atoms with Crippen LogP contribution in [0.2, 0.25) is 0 Å². The molecule has 1 aromatic heterocycles. The van der Waals surface area contributed by atoms with E-state index in [1.165, 1.54) is 23.1 Å². The van der Waals surface area contributed by atoms with Crippen molar-refractivity contribution in [3.8, 4) is 0 Å². The number of carbonyl (C=O) groups is 3. The quantitative estimate of drug-likeness (QED) is 0.503. The van der Waals surface area contributed by atoms with Crippen LogP contribution in [0.1, 0.15) is 36.5 Å². The second-order valence-corrected chi connectivity index (χ2v) is 8.37. The van der Waals surface area contributed by atoms with Crippen LogP contribution in [0.4, 0.5) is 10.8 Å². The molecule has 0 atom stereocenters. The maximum absolute atomic E-state index is 12.2. The number of rotatable bonds is 8. The van der Waals surface area contributed by atoms with Crippen LogP contribution in [-0.4, -0.2) is 46.8 Å². The third kappa shape index (κ3) is 5.08. The molecule has 1 aliphatic rings. The van der Waals surface area contributed by atoms with Crippen molar-refractivity contribution in [3.63, 3.8) is 0 Å². The Morgan fingerprint density at radius 1 is 1.21 bits per heavy atom. The molecule has 148 valence electrons. The molecule has 2 aromatic rings. The van der Waals surface area contributed by atoms with Crippen molar-refractivity contribution >= 4 is 51.6 Å². The zero-order valence-corrected chi connectivity index (χ0v) is 17.2. The first-order valence-electron chi connectivity index (χ1n) is 8.92. The number of benzene rings is 1. The number of nitrogens with zero attached hydrogens (tertiary/aromatic N) is 3. The highest BCUT2D eigenvalue weighted by Crippen LogP contribution is 2.36. The van der Waals surface area contributed by atoms with E-state index in [1.54, 1.807) is 36.2 Å². The molecule has 0 bridgehead atoms. The molecular weight excluding hydrogens is 398 g/mol. The summed E-state index contributed by atoms with van der Waals surface area (Å²) < 4.78 is 0.648. The van der Waals surface area contributed by atoms with Gasteiger partial charge in [-0.15, -0.1) is 10.2 Å². The summed E-state index contributed by atoms with van der Waals surface area (Å²) in [5, 5.41) is 14.1. The van der Waals surface area contributed by atoms with Crippen LogP contribution in [0.3, 0.4) is 0 Å².